The quantitative estimate of drug-likeness (QED) is 0.340. The van der Waals surface area contributed by atoms with Crippen LogP contribution in [0, 0.1) is 0 Å². The van der Waals surface area contributed by atoms with Crippen LogP contribution < -0.4 is 10.1 Å². The zero-order valence-corrected chi connectivity index (χ0v) is 18.6. The number of hydrogen-bond acceptors (Lipinski definition) is 4. The van der Waals surface area contributed by atoms with Crippen molar-refractivity contribution in [2.24, 2.45) is 0 Å². The average Bonchev–Trinajstić information content (AvgIpc) is 2.71. The molecular weight excluding hydrogens is 434 g/mol. The molecule has 0 atom stereocenters. The van der Waals surface area contributed by atoms with E-state index in [0.29, 0.717) is 23.6 Å². The van der Waals surface area contributed by atoms with Crippen LogP contribution in [0.3, 0.4) is 0 Å². The van der Waals surface area contributed by atoms with Gasteiger partial charge < -0.3 is 14.8 Å². The Morgan fingerprint density at radius 1 is 1.00 bits per heavy atom. The molecule has 1 amide bonds. The molecule has 2 aromatic rings. The summed E-state index contributed by atoms with van der Waals surface area (Å²) in [6.45, 7) is 4.55. The van der Waals surface area contributed by atoms with Crippen LogP contribution in [0.5, 0.6) is 5.75 Å². The molecule has 0 aliphatic carbocycles. The Kier molecular flexibility index (Phi) is 9.71. The third kappa shape index (κ3) is 7.89. The van der Waals surface area contributed by atoms with E-state index in [1.807, 2.05) is 18.2 Å². The fourth-order valence-corrected chi connectivity index (χ4v) is 3.28. The molecule has 0 aliphatic heterocycles. The van der Waals surface area contributed by atoms with Gasteiger partial charge >= 0.3 is 5.97 Å². The smallest absolute Gasteiger partial charge is 0.338 e. The van der Waals surface area contributed by atoms with Gasteiger partial charge in [0.1, 0.15) is 5.75 Å². The molecule has 0 radical (unpaired) electrons. The van der Waals surface area contributed by atoms with E-state index in [2.05, 4.69) is 35.1 Å². The largest absolute Gasteiger partial charge is 0.483 e. The lowest BCUT2D eigenvalue weighted by Crippen LogP contribution is -2.20. The van der Waals surface area contributed by atoms with E-state index >= 15 is 0 Å². The molecule has 1 N–H and O–H groups in total. The summed E-state index contributed by atoms with van der Waals surface area (Å²) in [4.78, 5) is 24.1. The fraction of sp³-hybridized carbons (Fsp3) is 0.391. The highest BCUT2D eigenvalue weighted by molar-refractivity contribution is 9.10. The van der Waals surface area contributed by atoms with Crippen molar-refractivity contribution in [1.82, 2.24) is 0 Å². The molecular formula is C23H28BrNO4. The first-order chi connectivity index (χ1) is 14.0. The SMILES string of the molecule is CCCCCOC(=O)c1ccc(NC(=O)COc2ccc(CCC)cc2Br)cc1. The maximum atomic E-state index is 12.1. The number of benzene rings is 2. The lowest BCUT2D eigenvalue weighted by atomic mass is 10.1. The van der Waals surface area contributed by atoms with Gasteiger partial charge in [0.15, 0.2) is 6.61 Å². The summed E-state index contributed by atoms with van der Waals surface area (Å²) < 4.78 is 11.7. The van der Waals surface area contributed by atoms with E-state index < -0.39 is 0 Å². The molecule has 6 heteroatoms. The van der Waals surface area contributed by atoms with Gasteiger partial charge in [0.25, 0.3) is 5.91 Å². The Labute approximate surface area is 180 Å². The number of anilines is 1. The lowest BCUT2D eigenvalue weighted by molar-refractivity contribution is -0.118. The highest BCUT2D eigenvalue weighted by atomic mass is 79.9. The third-order valence-corrected chi connectivity index (χ3v) is 4.90. The Bertz CT molecular complexity index is 805. The number of nitrogens with one attached hydrogen (secondary N) is 1. The molecule has 0 aromatic heterocycles. The summed E-state index contributed by atoms with van der Waals surface area (Å²) in [5.41, 5.74) is 2.28. The van der Waals surface area contributed by atoms with Crippen LogP contribution in [0.15, 0.2) is 46.9 Å². The Morgan fingerprint density at radius 2 is 1.76 bits per heavy atom. The second-order valence-electron chi connectivity index (χ2n) is 6.77. The maximum Gasteiger partial charge on any atom is 0.338 e. The monoisotopic (exact) mass is 461 g/mol. The molecule has 0 saturated carbocycles. The zero-order chi connectivity index (χ0) is 21.1. The summed E-state index contributed by atoms with van der Waals surface area (Å²) in [6, 6.07) is 12.5. The van der Waals surface area contributed by atoms with Crippen molar-refractivity contribution in [3.63, 3.8) is 0 Å². The van der Waals surface area contributed by atoms with Crippen LogP contribution >= 0.6 is 15.9 Å². The van der Waals surface area contributed by atoms with Gasteiger partial charge in [-0.3, -0.25) is 4.79 Å². The Balaban J connectivity index is 1.81. The average molecular weight is 462 g/mol. The van der Waals surface area contributed by atoms with E-state index in [4.69, 9.17) is 9.47 Å². The van der Waals surface area contributed by atoms with Gasteiger partial charge in [0.05, 0.1) is 16.6 Å². The van der Waals surface area contributed by atoms with Crippen molar-refractivity contribution in [2.45, 2.75) is 46.0 Å². The minimum absolute atomic E-state index is 0.104. The van der Waals surface area contributed by atoms with E-state index in [1.165, 1.54) is 5.56 Å². The van der Waals surface area contributed by atoms with Gasteiger partial charge in [-0.1, -0.05) is 39.2 Å². The van der Waals surface area contributed by atoms with Crippen molar-refractivity contribution >= 4 is 33.5 Å². The van der Waals surface area contributed by atoms with Crippen LogP contribution in [0.25, 0.3) is 0 Å². The number of hydrogen-bond donors (Lipinski definition) is 1. The van der Waals surface area contributed by atoms with Crippen LogP contribution in [-0.2, 0) is 16.0 Å². The van der Waals surface area contributed by atoms with Gasteiger partial charge in [-0.05, 0) is 70.7 Å². The molecule has 0 aliphatic rings. The molecule has 0 fully saturated rings. The number of esters is 1. The first-order valence-electron chi connectivity index (χ1n) is 10.0. The van der Waals surface area contributed by atoms with Gasteiger partial charge in [-0.2, -0.15) is 0 Å². The highest BCUT2D eigenvalue weighted by Crippen LogP contribution is 2.26. The van der Waals surface area contributed by atoms with Gasteiger partial charge in [-0.25, -0.2) is 4.79 Å². The molecule has 2 rings (SSSR count). The van der Waals surface area contributed by atoms with Crippen molar-refractivity contribution < 1.29 is 19.1 Å². The van der Waals surface area contributed by atoms with Crippen LogP contribution in [-0.4, -0.2) is 25.1 Å². The molecule has 29 heavy (non-hydrogen) atoms. The maximum absolute atomic E-state index is 12.1. The number of carbonyl (C=O) groups excluding carboxylic acids is 2. The minimum atomic E-state index is -0.348. The highest BCUT2D eigenvalue weighted by Gasteiger charge is 2.09. The number of ether oxygens (including phenoxy) is 2. The number of rotatable bonds is 11. The summed E-state index contributed by atoms with van der Waals surface area (Å²) in [5, 5.41) is 2.76. The molecule has 0 bridgehead atoms. The van der Waals surface area contributed by atoms with Crippen LogP contribution in [0.2, 0.25) is 0 Å². The summed E-state index contributed by atoms with van der Waals surface area (Å²) in [5.74, 6) is 0.00396. The first kappa shape index (κ1) is 22.9. The predicted molar refractivity (Wildman–Crippen MR) is 119 cm³/mol. The van der Waals surface area contributed by atoms with Crippen LogP contribution in [0.4, 0.5) is 5.69 Å². The molecule has 0 unspecified atom stereocenters. The standard InChI is InChI=1S/C23H28BrNO4/c1-3-5-6-14-28-23(27)18-9-11-19(12-10-18)25-22(26)16-29-21-13-8-17(7-4-2)15-20(21)24/h8-13,15H,3-7,14,16H2,1-2H3,(H,25,26). The van der Waals surface area contributed by atoms with E-state index in [0.717, 1.165) is 36.6 Å². The second kappa shape index (κ2) is 12.3. The third-order valence-electron chi connectivity index (χ3n) is 4.28. The van der Waals surface area contributed by atoms with Crippen molar-refractivity contribution in [2.75, 3.05) is 18.5 Å². The predicted octanol–water partition coefficient (Wildman–Crippen LogP) is 5.77. The van der Waals surface area contributed by atoms with E-state index in [9.17, 15) is 9.59 Å². The molecule has 0 spiro atoms. The Hall–Kier alpha value is -2.34. The molecule has 0 saturated heterocycles. The summed E-state index contributed by atoms with van der Waals surface area (Å²) >= 11 is 3.48. The first-order valence-corrected chi connectivity index (χ1v) is 10.8. The second-order valence-corrected chi connectivity index (χ2v) is 7.63. The van der Waals surface area contributed by atoms with E-state index in [-0.39, 0.29) is 18.5 Å². The molecule has 0 heterocycles. The van der Waals surface area contributed by atoms with Gasteiger partial charge in [0, 0.05) is 5.69 Å². The van der Waals surface area contributed by atoms with Crippen molar-refractivity contribution in [3.05, 3.63) is 58.1 Å². The number of unbranched alkanes of at least 4 members (excludes halogenated alkanes) is 2. The Morgan fingerprint density at radius 3 is 2.41 bits per heavy atom. The number of carbonyl (C=O) groups is 2. The zero-order valence-electron chi connectivity index (χ0n) is 17.0. The van der Waals surface area contributed by atoms with Gasteiger partial charge in [-0.15, -0.1) is 0 Å². The van der Waals surface area contributed by atoms with E-state index in [1.54, 1.807) is 24.3 Å². The van der Waals surface area contributed by atoms with Crippen LogP contribution in [0.1, 0.15) is 55.5 Å². The normalized spacial score (nSPS) is 10.4. The lowest BCUT2D eigenvalue weighted by Gasteiger charge is -2.10. The number of aryl methyl sites for hydroxylation is 1. The van der Waals surface area contributed by atoms with Crippen molar-refractivity contribution in [3.8, 4) is 5.75 Å². The fourth-order valence-electron chi connectivity index (χ4n) is 2.74. The van der Waals surface area contributed by atoms with Crippen molar-refractivity contribution in [1.29, 1.82) is 0 Å². The number of amides is 1. The molecule has 156 valence electrons. The summed E-state index contributed by atoms with van der Waals surface area (Å²) in [7, 11) is 0. The minimum Gasteiger partial charge on any atom is -0.483 e. The topological polar surface area (TPSA) is 64.6 Å². The molecule has 2 aromatic carbocycles. The molecule has 5 nitrogen and oxygen atoms in total. The number of halogens is 1. The summed E-state index contributed by atoms with van der Waals surface area (Å²) in [6.07, 6.45) is 5.07. The van der Waals surface area contributed by atoms with Gasteiger partial charge in [0.2, 0.25) is 0 Å².